The number of halogens is 7. The molecule has 2 unspecified atom stereocenters. The largest absolute Gasteiger partial charge is 0.467 e. The van der Waals surface area contributed by atoms with E-state index in [2.05, 4.69) is 20.0 Å². The third-order valence-electron chi connectivity index (χ3n) is 9.52. The zero-order valence-electron chi connectivity index (χ0n) is 28.2. The first-order valence-corrected chi connectivity index (χ1v) is 17.1. The molecule has 1 amide bonds. The van der Waals surface area contributed by atoms with E-state index >= 15 is 4.39 Å². The zero-order valence-corrected chi connectivity index (χ0v) is 29.7. The number of nitrogens with two attached hydrogens (primary N) is 1. The molecule has 51 heavy (non-hydrogen) atoms. The molecule has 4 aliphatic heterocycles. The number of carbonyl (C=O) groups is 1. The van der Waals surface area contributed by atoms with E-state index in [0.29, 0.717) is 48.3 Å². The molecule has 0 bridgehead atoms. The van der Waals surface area contributed by atoms with Crippen LogP contribution < -0.4 is 15.4 Å². The summed E-state index contributed by atoms with van der Waals surface area (Å²) in [5.74, 6) is -1.18. The summed E-state index contributed by atoms with van der Waals surface area (Å²) >= 11 is 12.5. The van der Waals surface area contributed by atoms with Crippen LogP contribution >= 0.6 is 23.2 Å². The van der Waals surface area contributed by atoms with E-state index in [9.17, 15) is 22.4 Å². The van der Waals surface area contributed by atoms with E-state index in [1.54, 1.807) is 18.8 Å². The SMILES string of the molecule is COc1nc2c(c(N3CCCn4nc(C(=O)N(C)C)c(Cl)c4C3)n1)COC(c1c(F)c(N)cc(Cl)c1C(F)(F)F)C2.F/C=C1/CC2CCCN2C1. The number of benzene rings is 1. The number of aryl methyl sites for hydroxylation is 1. The van der Waals surface area contributed by atoms with Gasteiger partial charge < -0.3 is 25.0 Å². The predicted molar refractivity (Wildman–Crippen MR) is 180 cm³/mol. The normalized spacial score (nSPS) is 21.1. The first-order chi connectivity index (χ1) is 24.2. The Morgan fingerprint density at radius 3 is 2.57 bits per heavy atom. The number of fused-ring (bicyclic) bond motifs is 3. The van der Waals surface area contributed by atoms with Gasteiger partial charge in [-0.3, -0.25) is 14.4 Å². The van der Waals surface area contributed by atoms with Crippen LogP contribution in [0.5, 0.6) is 6.01 Å². The number of hydrogen-bond donors (Lipinski definition) is 1. The van der Waals surface area contributed by atoms with Gasteiger partial charge in [0.1, 0.15) is 5.82 Å². The first kappa shape index (κ1) is 37.0. The van der Waals surface area contributed by atoms with Crippen molar-refractivity contribution in [2.75, 3.05) is 51.5 Å². The summed E-state index contributed by atoms with van der Waals surface area (Å²) in [5.41, 5.74) is 5.51. The fourth-order valence-corrected chi connectivity index (χ4v) is 7.68. The molecule has 2 aromatic heterocycles. The molecule has 2 atom stereocenters. The van der Waals surface area contributed by atoms with Gasteiger partial charge in [0.05, 0.1) is 65.4 Å². The molecule has 2 saturated heterocycles. The molecular formula is C33H37Cl2F5N8O3. The quantitative estimate of drug-likeness (QED) is 0.240. The number of nitrogen functional groups attached to an aromatic ring is 1. The number of carbonyl (C=O) groups excluding carboxylic acids is 1. The number of rotatable bonds is 4. The van der Waals surface area contributed by atoms with Crippen LogP contribution in [0.4, 0.5) is 33.5 Å². The second-order valence-electron chi connectivity index (χ2n) is 13.1. The van der Waals surface area contributed by atoms with Crippen LogP contribution in [0.2, 0.25) is 10.0 Å². The first-order valence-electron chi connectivity index (χ1n) is 16.4. The average Bonchev–Trinajstić information content (AvgIpc) is 3.73. The van der Waals surface area contributed by atoms with Crippen molar-refractivity contribution in [3.63, 3.8) is 0 Å². The van der Waals surface area contributed by atoms with Crippen molar-refractivity contribution in [3.05, 3.63) is 67.6 Å². The van der Waals surface area contributed by atoms with Gasteiger partial charge in [0, 0.05) is 57.3 Å². The monoisotopic (exact) mass is 758 g/mol. The standard InChI is InChI=1S/C25H25Cl2F4N7O3.C8H12FN/c1-36(2)23(39)21-19(27)15-9-37(5-4-6-38(15)35-21)22-11-10-41-16(8-14(11)33-24(34-22)40-3)17-18(25(29,30)31)12(26)7-13(32)20(17)28;9-5-7-4-8-2-1-3-10(8)6-7/h7,16H,4-6,8-10,32H2,1-3H3;5,8H,1-4,6H2/b;7-5-. The van der Waals surface area contributed by atoms with Crippen LogP contribution in [-0.2, 0) is 37.0 Å². The molecule has 2 N–H and O–H groups in total. The van der Waals surface area contributed by atoms with Crippen molar-refractivity contribution in [2.45, 2.75) is 70.1 Å². The maximum absolute atomic E-state index is 15.1. The lowest BCUT2D eigenvalue weighted by Crippen LogP contribution is -2.29. The number of anilines is 2. The lowest BCUT2D eigenvalue weighted by molar-refractivity contribution is -0.140. The Morgan fingerprint density at radius 1 is 1.14 bits per heavy atom. The van der Waals surface area contributed by atoms with E-state index in [4.69, 9.17) is 38.4 Å². The lowest BCUT2D eigenvalue weighted by Gasteiger charge is -2.31. The summed E-state index contributed by atoms with van der Waals surface area (Å²) in [6.45, 7) is 3.06. The number of methoxy groups -OCH3 is 1. The molecule has 6 heterocycles. The van der Waals surface area contributed by atoms with Crippen molar-refractivity contribution < 1.29 is 36.2 Å². The average molecular weight is 760 g/mol. The molecule has 18 heteroatoms. The molecule has 0 spiro atoms. The van der Waals surface area contributed by atoms with Gasteiger partial charge in [-0.05, 0) is 43.9 Å². The Labute approximate surface area is 301 Å². The maximum Gasteiger partial charge on any atom is 0.418 e. The predicted octanol–water partition coefficient (Wildman–Crippen LogP) is 6.36. The Kier molecular flexibility index (Phi) is 10.7. The Morgan fingerprint density at radius 2 is 1.90 bits per heavy atom. The minimum atomic E-state index is -4.96. The fourth-order valence-electron chi connectivity index (χ4n) is 7.08. The molecule has 11 nitrogen and oxygen atoms in total. The molecule has 4 aliphatic rings. The second kappa shape index (κ2) is 14.7. The van der Waals surface area contributed by atoms with E-state index in [0.717, 1.165) is 30.9 Å². The molecule has 0 aliphatic carbocycles. The Hall–Kier alpha value is -3.73. The lowest BCUT2D eigenvalue weighted by atomic mass is 9.93. The van der Waals surface area contributed by atoms with Crippen LogP contribution in [0.15, 0.2) is 18.0 Å². The van der Waals surface area contributed by atoms with Crippen LogP contribution in [-0.4, -0.2) is 82.3 Å². The zero-order chi connectivity index (χ0) is 36.8. The van der Waals surface area contributed by atoms with Crippen LogP contribution in [0.1, 0.15) is 70.4 Å². The highest BCUT2D eigenvalue weighted by molar-refractivity contribution is 6.34. The van der Waals surface area contributed by atoms with Crippen LogP contribution in [0.25, 0.3) is 0 Å². The van der Waals surface area contributed by atoms with Gasteiger partial charge in [-0.25, -0.2) is 8.78 Å². The van der Waals surface area contributed by atoms with Gasteiger partial charge >= 0.3 is 12.2 Å². The Balaban J connectivity index is 0.000000381. The molecule has 3 aromatic rings. The summed E-state index contributed by atoms with van der Waals surface area (Å²) in [6.07, 6.45) is -1.59. The van der Waals surface area contributed by atoms with Crippen LogP contribution in [0, 0.1) is 5.82 Å². The molecule has 1 aromatic carbocycles. The summed E-state index contributed by atoms with van der Waals surface area (Å²) in [5, 5.41) is 3.90. The number of hydrogen-bond acceptors (Lipinski definition) is 9. The fraction of sp³-hybridized carbons (Fsp3) is 0.515. The minimum Gasteiger partial charge on any atom is -0.467 e. The van der Waals surface area contributed by atoms with Crippen molar-refractivity contribution in [2.24, 2.45) is 0 Å². The molecule has 276 valence electrons. The smallest absolute Gasteiger partial charge is 0.418 e. The number of nitrogens with zero attached hydrogens (tertiary/aromatic N) is 7. The number of ether oxygens (including phenoxy) is 2. The van der Waals surface area contributed by atoms with Gasteiger partial charge in [0.15, 0.2) is 11.5 Å². The molecule has 0 saturated carbocycles. The van der Waals surface area contributed by atoms with Crippen molar-refractivity contribution in [3.8, 4) is 6.01 Å². The third kappa shape index (κ3) is 7.32. The summed E-state index contributed by atoms with van der Waals surface area (Å²) in [4.78, 5) is 27.1. The third-order valence-corrected chi connectivity index (χ3v) is 10.2. The maximum atomic E-state index is 15.1. The summed E-state index contributed by atoms with van der Waals surface area (Å²) < 4.78 is 81.7. The van der Waals surface area contributed by atoms with Crippen molar-refractivity contribution in [1.29, 1.82) is 0 Å². The molecular weight excluding hydrogens is 722 g/mol. The van der Waals surface area contributed by atoms with E-state index in [1.807, 2.05) is 4.90 Å². The number of alkyl halides is 3. The van der Waals surface area contributed by atoms with E-state index in [-0.39, 0.29) is 42.2 Å². The highest BCUT2D eigenvalue weighted by Gasteiger charge is 2.42. The molecule has 7 rings (SSSR count). The van der Waals surface area contributed by atoms with Gasteiger partial charge in [-0.15, -0.1) is 0 Å². The van der Waals surface area contributed by atoms with Crippen molar-refractivity contribution >= 4 is 40.6 Å². The minimum absolute atomic E-state index is 0.0335. The van der Waals surface area contributed by atoms with Gasteiger partial charge in [-0.1, -0.05) is 23.2 Å². The van der Waals surface area contributed by atoms with Gasteiger partial charge in [0.25, 0.3) is 5.91 Å². The second-order valence-corrected chi connectivity index (χ2v) is 13.8. The van der Waals surface area contributed by atoms with Gasteiger partial charge in [0.2, 0.25) is 0 Å². The summed E-state index contributed by atoms with van der Waals surface area (Å²) in [6, 6.07) is 1.38. The molecule has 0 radical (unpaired) electrons. The Bertz CT molecular complexity index is 1840. The topological polar surface area (TPSA) is 115 Å². The number of amides is 1. The van der Waals surface area contributed by atoms with Crippen LogP contribution in [0.3, 0.4) is 0 Å². The molecule has 2 fully saturated rings. The highest BCUT2D eigenvalue weighted by atomic mass is 35.5. The van der Waals surface area contributed by atoms with E-state index in [1.165, 1.54) is 31.4 Å². The van der Waals surface area contributed by atoms with Gasteiger partial charge in [-0.2, -0.15) is 28.2 Å². The summed E-state index contributed by atoms with van der Waals surface area (Å²) in [7, 11) is 4.56. The van der Waals surface area contributed by atoms with E-state index < -0.39 is 39.9 Å². The highest BCUT2D eigenvalue weighted by Crippen LogP contribution is 2.46. The number of aromatic nitrogens is 4. The van der Waals surface area contributed by atoms with Crippen molar-refractivity contribution in [1.82, 2.24) is 29.5 Å².